The number of fused-ring (bicyclic) bond motifs is 1. The van der Waals surface area contributed by atoms with Crippen LogP contribution in [0.5, 0.6) is 11.5 Å². The molecule has 0 saturated heterocycles. The minimum absolute atomic E-state index is 0.178. The number of phenols is 1. The number of benzene rings is 2. The first-order valence-corrected chi connectivity index (χ1v) is 8.70. The van der Waals surface area contributed by atoms with Gasteiger partial charge in [-0.25, -0.2) is 4.98 Å². The maximum absolute atomic E-state index is 10.9. The molecule has 0 spiro atoms. The van der Waals surface area contributed by atoms with Gasteiger partial charge in [0.15, 0.2) is 0 Å². The van der Waals surface area contributed by atoms with E-state index in [1.54, 1.807) is 13.3 Å². The van der Waals surface area contributed by atoms with Crippen molar-refractivity contribution in [2.45, 2.75) is 6.04 Å². The topological polar surface area (TPSA) is 68.5 Å². The second-order valence-electron chi connectivity index (χ2n) is 6.21. The summed E-state index contributed by atoms with van der Waals surface area (Å²) in [4.78, 5) is 7.53. The van der Waals surface area contributed by atoms with Crippen LogP contribution in [0.4, 0.5) is 5.82 Å². The molecule has 0 unspecified atom stereocenters. The van der Waals surface area contributed by atoms with Gasteiger partial charge in [-0.1, -0.05) is 30.3 Å². The fourth-order valence-corrected chi connectivity index (χ4v) is 3.15. The van der Waals surface area contributed by atoms with E-state index < -0.39 is 0 Å². The summed E-state index contributed by atoms with van der Waals surface area (Å²) in [5.74, 6) is 1.81. The van der Waals surface area contributed by atoms with Gasteiger partial charge in [-0.3, -0.25) is 10.3 Å². The Bertz CT molecular complexity index is 1050. The molecule has 0 aliphatic carbocycles. The van der Waals surface area contributed by atoms with Gasteiger partial charge in [0.25, 0.3) is 5.82 Å². The molecular formula is C22H20N3O2+. The predicted molar refractivity (Wildman–Crippen MR) is 105 cm³/mol. The lowest BCUT2D eigenvalue weighted by molar-refractivity contribution is -0.361. The molecule has 5 nitrogen and oxygen atoms in total. The second kappa shape index (κ2) is 7.33. The highest BCUT2D eigenvalue weighted by molar-refractivity contribution is 5.85. The molecule has 0 bridgehead atoms. The van der Waals surface area contributed by atoms with Gasteiger partial charge in [0, 0.05) is 28.8 Å². The van der Waals surface area contributed by atoms with E-state index in [1.807, 2.05) is 72.9 Å². The Morgan fingerprint density at radius 3 is 2.59 bits per heavy atom. The zero-order chi connectivity index (χ0) is 18.6. The molecule has 0 fully saturated rings. The van der Waals surface area contributed by atoms with E-state index in [0.717, 1.165) is 28.1 Å². The maximum Gasteiger partial charge on any atom is 0.272 e. The zero-order valence-electron chi connectivity index (χ0n) is 14.9. The average molecular weight is 358 g/mol. The van der Waals surface area contributed by atoms with Crippen molar-refractivity contribution in [3.8, 4) is 11.5 Å². The molecule has 4 aromatic rings. The molecule has 0 saturated carbocycles. The number of pyridine rings is 2. The molecule has 5 heteroatoms. The lowest BCUT2D eigenvalue weighted by atomic mass is 9.96. The first kappa shape index (κ1) is 16.8. The van der Waals surface area contributed by atoms with E-state index in [0.29, 0.717) is 5.52 Å². The van der Waals surface area contributed by atoms with Crippen molar-refractivity contribution in [1.29, 1.82) is 0 Å². The SMILES string of the molecule is COc1ccc([C@@H](Nc2cccc[nH+]2)c2ccc3cccnc3c2O)cc1. The lowest BCUT2D eigenvalue weighted by Crippen LogP contribution is -2.18. The first-order valence-electron chi connectivity index (χ1n) is 8.70. The van der Waals surface area contributed by atoms with Crippen LogP contribution in [0.3, 0.4) is 0 Å². The molecule has 4 rings (SSSR count). The fourth-order valence-electron chi connectivity index (χ4n) is 3.15. The number of phenolic OH excluding ortho intramolecular Hbond substituents is 1. The minimum atomic E-state index is -0.263. The van der Waals surface area contributed by atoms with Gasteiger partial charge < -0.3 is 9.84 Å². The highest BCUT2D eigenvalue weighted by Crippen LogP contribution is 2.36. The van der Waals surface area contributed by atoms with Crippen LogP contribution in [0.25, 0.3) is 10.9 Å². The van der Waals surface area contributed by atoms with Crippen LogP contribution in [0, 0.1) is 0 Å². The van der Waals surface area contributed by atoms with Crippen LogP contribution in [-0.2, 0) is 0 Å². The molecule has 0 aliphatic rings. The molecule has 0 radical (unpaired) electrons. The van der Waals surface area contributed by atoms with Crippen molar-refractivity contribution >= 4 is 16.7 Å². The molecule has 134 valence electrons. The second-order valence-corrected chi connectivity index (χ2v) is 6.21. The number of aromatic nitrogens is 2. The third kappa shape index (κ3) is 3.40. The first-order chi connectivity index (χ1) is 13.3. The number of aromatic amines is 1. The van der Waals surface area contributed by atoms with E-state index in [1.165, 1.54) is 0 Å². The number of H-pyrrole nitrogens is 1. The molecular weight excluding hydrogens is 338 g/mol. The highest BCUT2D eigenvalue weighted by atomic mass is 16.5. The van der Waals surface area contributed by atoms with Gasteiger partial charge in [0.2, 0.25) is 0 Å². The third-order valence-electron chi connectivity index (χ3n) is 4.55. The van der Waals surface area contributed by atoms with Crippen LogP contribution in [-0.4, -0.2) is 17.2 Å². The lowest BCUT2D eigenvalue weighted by Gasteiger charge is -2.18. The monoisotopic (exact) mass is 358 g/mol. The van der Waals surface area contributed by atoms with Crippen molar-refractivity contribution in [3.63, 3.8) is 0 Å². The average Bonchev–Trinajstić information content (AvgIpc) is 2.74. The molecule has 0 amide bonds. The zero-order valence-corrected chi connectivity index (χ0v) is 14.9. The summed E-state index contributed by atoms with van der Waals surface area (Å²) in [6.07, 6.45) is 3.54. The molecule has 2 aromatic carbocycles. The van der Waals surface area contributed by atoms with E-state index in [9.17, 15) is 5.11 Å². The summed E-state index contributed by atoms with van der Waals surface area (Å²) in [6.45, 7) is 0. The van der Waals surface area contributed by atoms with E-state index in [-0.39, 0.29) is 11.8 Å². The Morgan fingerprint density at radius 1 is 1.00 bits per heavy atom. The van der Waals surface area contributed by atoms with Crippen LogP contribution in [0.2, 0.25) is 0 Å². The van der Waals surface area contributed by atoms with Gasteiger partial charge in [-0.2, -0.15) is 0 Å². The van der Waals surface area contributed by atoms with Crippen molar-refractivity contribution in [1.82, 2.24) is 4.98 Å². The van der Waals surface area contributed by atoms with Crippen LogP contribution in [0.1, 0.15) is 17.2 Å². The third-order valence-corrected chi connectivity index (χ3v) is 4.55. The largest absolute Gasteiger partial charge is 0.505 e. The minimum Gasteiger partial charge on any atom is -0.505 e. The number of rotatable bonds is 5. The van der Waals surface area contributed by atoms with Gasteiger partial charge >= 0.3 is 0 Å². The number of ether oxygens (including phenoxy) is 1. The summed E-state index contributed by atoms with van der Waals surface area (Å²) in [5.41, 5.74) is 2.34. The molecule has 2 heterocycles. The Kier molecular flexibility index (Phi) is 4.58. The molecule has 2 aromatic heterocycles. The molecule has 1 atom stereocenters. The van der Waals surface area contributed by atoms with Gasteiger partial charge in [0.1, 0.15) is 23.1 Å². The molecule has 27 heavy (non-hydrogen) atoms. The number of methoxy groups -OCH3 is 1. The van der Waals surface area contributed by atoms with E-state index >= 15 is 0 Å². The number of hydrogen-bond acceptors (Lipinski definition) is 4. The Labute approximate surface area is 157 Å². The number of nitrogens with zero attached hydrogens (tertiary/aromatic N) is 1. The highest BCUT2D eigenvalue weighted by Gasteiger charge is 2.24. The van der Waals surface area contributed by atoms with Crippen molar-refractivity contribution in [3.05, 3.63) is 90.3 Å². The normalized spacial score (nSPS) is 11.9. The number of anilines is 1. The van der Waals surface area contributed by atoms with Gasteiger partial charge in [0.05, 0.1) is 13.3 Å². The predicted octanol–water partition coefficient (Wildman–Crippen LogP) is 3.96. The van der Waals surface area contributed by atoms with Crippen molar-refractivity contribution in [2.75, 3.05) is 12.4 Å². The Balaban J connectivity index is 1.83. The number of aromatic hydroxyl groups is 1. The number of hydrogen-bond donors (Lipinski definition) is 2. The summed E-state index contributed by atoms with van der Waals surface area (Å²) >= 11 is 0. The maximum atomic E-state index is 10.9. The van der Waals surface area contributed by atoms with E-state index in [4.69, 9.17) is 4.74 Å². The Hall–Kier alpha value is -3.60. The van der Waals surface area contributed by atoms with Crippen molar-refractivity contribution < 1.29 is 14.8 Å². The van der Waals surface area contributed by atoms with Crippen LogP contribution < -0.4 is 15.0 Å². The Morgan fingerprint density at radius 2 is 1.85 bits per heavy atom. The van der Waals surface area contributed by atoms with Gasteiger partial charge in [-0.05, 0) is 30.3 Å². The summed E-state index contributed by atoms with van der Waals surface area (Å²) in [6, 6.07) is 21.1. The van der Waals surface area contributed by atoms with E-state index in [2.05, 4.69) is 15.3 Å². The number of nitrogens with one attached hydrogen (secondary N) is 2. The van der Waals surface area contributed by atoms with Gasteiger partial charge in [-0.15, -0.1) is 0 Å². The van der Waals surface area contributed by atoms with Crippen LogP contribution in [0.15, 0.2) is 79.1 Å². The quantitative estimate of drug-likeness (QED) is 0.566. The molecule has 0 aliphatic heterocycles. The fraction of sp³-hybridized carbons (Fsp3) is 0.0909. The smallest absolute Gasteiger partial charge is 0.272 e. The summed E-state index contributed by atoms with van der Waals surface area (Å²) in [7, 11) is 1.64. The molecule has 3 N–H and O–H groups in total. The summed E-state index contributed by atoms with van der Waals surface area (Å²) in [5, 5.41) is 15.3. The standard InChI is InChI=1S/C22H19N3O2/c1-27-17-10-7-16(8-11-17)20(25-19-6-2-3-13-23-19)18-12-9-15-5-4-14-24-21(15)22(18)26/h2-14,20,26H,1H3,(H,23,25)/p+1/t20-/m1/s1. The van der Waals surface area contributed by atoms with Crippen LogP contribution >= 0.6 is 0 Å². The van der Waals surface area contributed by atoms with Crippen molar-refractivity contribution in [2.24, 2.45) is 0 Å². The summed E-state index contributed by atoms with van der Waals surface area (Å²) < 4.78 is 5.27.